The highest BCUT2D eigenvalue weighted by Gasteiger charge is 1.80. The predicted molar refractivity (Wildman–Crippen MR) is 26.2 cm³/mol. The molecule has 0 saturated carbocycles. The monoisotopic (exact) mass is 101 g/mol. The van der Waals surface area contributed by atoms with E-state index >= 15 is 0 Å². The Morgan fingerprint density at radius 2 is 2.14 bits per heavy atom. The van der Waals surface area contributed by atoms with Crippen molar-refractivity contribution in [2.75, 3.05) is 7.11 Å². The van der Waals surface area contributed by atoms with Crippen LogP contribution in [0.25, 0.3) is 0 Å². The quantitative estimate of drug-likeness (QED) is 0.296. The molecule has 1 radical (unpaired) electrons. The molecule has 0 heterocycles. The Bertz CT molecular complexity index is 66.5. The smallest absolute Gasteiger partial charge is 0.142 e. The first kappa shape index (κ1) is 6.50. The fraction of sp³-hybridized carbons (Fsp3) is 0.600. The van der Waals surface area contributed by atoms with Gasteiger partial charge in [0.05, 0.1) is 7.11 Å². The van der Waals surface area contributed by atoms with Gasteiger partial charge in [0.1, 0.15) is 5.76 Å². The van der Waals surface area contributed by atoms with Crippen LogP contribution in [0.15, 0.2) is 5.76 Å². The average molecular weight is 101 g/mol. The summed E-state index contributed by atoms with van der Waals surface area (Å²) in [7, 11) is 1.46. The van der Waals surface area contributed by atoms with E-state index in [0.717, 1.165) is 0 Å². The van der Waals surface area contributed by atoms with Crippen molar-refractivity contribution >= 4 is 0 Å². The molecular formula is C5H9O2. The summed E-state index contributed by atoms with van der Waals surface area (Å²) in [5.41, 5.74) is 0. The largest absolute Gasteiger partial charge is 0.342 e. The van der Waals surface area contributed by atoms with E-state index in [1.54, 1.807) is 13.8 Å². The molecule has 7 heavy (non-hydrogen) atoms. The maximum Gasteiger partial charge on any atom is 0.142 e. The van der Waals surface area contributed by atoms with Gasteiger partial charge in [-0.1, -0.05) is 0 Å². The Morgan fingerprint density at radius 1 is 1.57 bits per heavy atom. The molecule has 0 atom stereocenters. The minimum absolute atomic E-state index is 0.655. The van der Waals surface area contributed by atoms with Gasteiger partial charge >= 0.3 is 0 Å². The zero-order valence-corrected chi connectivity index (χ0v) is 4.82. The Kier molecular flexibility index (Phi) is 3.42. The van der Waals surface area contributed by atoms with Gasteiger partial charge in [-0.3, -0.25) is 0 Å². The summed E-state index contributed by atoms with van der Waals surface area (Å²) in [4.78, 5) is 8.79. The molecule has 0 spiro atoms. The molecule has 0 aliphatic rings. The molecular weight excluding hydrogens is 92.1 g/mol. The summed E-state index contributed by atoms with van der Waals surface area (Å²) in [5, 5.41) is 0. The standard InChI is InChI=1S/C5H9O2/c1-4-5(2)7-6-3/h1-3H3. The van der Waals surface area contributed by atoms with Crippen molar-refractivity contribution in [1.29, 1.82) is 0 Å². The highest BCUT2D eigenvalue weighted by Crippen LogP contribution is 1.90. The molecule has 0 aromatic rings. The third-order valence-electron chi connectivity index (χ3n) is 0.560. The van der Waals surface area contributed by atoms with Crippen LogP contribution in [-0.4, -0.2) is 7.11 Å². The number of hydrogen-bond donors (Lipinski definition) is 0. The van der Waals surface area contributed by atoms with E-state index in [9.17, 15) is 0 Å². The molecule has 0 aliphatic carbocycles. The van der Waals surface area contributed by atoms with Crippen LogP contribution in [0.4, 0.5) is 0 Å². The lowest BCUT2D eigenvalue weighted by Crippen LogP contribution is -1.83. The minimum atomic E-state index is 0.655. The van der Waals surface area contributed by atoms with Crippen molar-refractivity contribution in [3.63, 3.8) is 0 Å². The molecule has 0 aliphatic heterocycles. The predicted octanol–water partition coefficient (Wildman–Crippen LogP) is 1.29. The van der Waals surface area contributed by atoms with E-state index in [2.05, 4.69) is 15.9 Å². The molecule has 0 unspecified atom stereocenters. The topological polar surface area (TPSA) is 18.5 Å². The van der Waals surface area contributed by atoms with Crippen LogP contribution < -0.4 is 0 Å². The van der Waals surface area contributed by atoms with Crippen molar-refractivity contribution in [3.8, 4) is 0 Å². The maximum absolute atomic E-state index is 4.50. The molecule has 0 amide bonds. The van der Waals surface area contributed by atoms with Gasteiger partial charge in [-0.15, -0.1) is 0 Å². The average Bonchev–Trinajstić information content (AvgIpc) is 1.68. The Balaban J connectivity index is 3.17. The van der Waals surface area contributed by atoms with Gasteiger partial charge in [0.2, 0.25) is 0 Å². The van der Waals surface area contributed by atoms with Gasteiger partial charge in [-0.2, -0.15) is 4.89 Å². The molecule has 0 fully saturated rings. The normalized spacial score (nSPS) is 11.6. The SMILES string of the molecule is C[C]=C(C)OOC. The van der Waals surface area contributed by atoms with Crippen LogP contribution >= 0.6 is 0 Å². The summed E-state index contributed by atoms with van der Waals surface area (Å²) < 4.78 is 0. The highest BCUT2D eigenvalue weighted by molar-refractivity contribution is 4.74. The second kappa shape index (κ2) is 3.68. The molecule has 2 heteroatoms. The molecule has 2 nitrogen and oxygen atoms in total. The van der Waals surface area contributed by atoms with Gasteiger partial charge in [0.15, 0.2) is 0 Å². The van der Waals surface area contributed by atoms with Crippen molar-refractivity contribution < 1.29 is 9.78 Å². The minimum Gasteiger partial charge on any atom is -0.342 e. The van der Waals surface area contributed by atoms with Gasteiger partial charge in [0.25, 0.3) is 0 Å². The van der Waals surface area contributed by atoms with Gasteiger partial charge in [-0.05, 0) is 19.9 Å². The summed E-state index contributed by atoms with van der Waals surface area (Å²) in [5.74, 6) is 0.655. The molecule has 0 rings (SSSR count). The lowest BCUT2D eigenvalue weighted by atomic mass is 10.5. The summed E-state index contributed by atoms with van der Waals surface area (Å²) >= 11 is 0. The second-order valence-corrected chi connectivity index (χ2v) is 1.06. The van der Waals surface area contributed by atoms with E-state index in [1.807, 2.05) is 0 Å². The third kappa shape index (κ3) is 3.33. The van der Waals surface area contributed by atoms with E-state index in [0.29, 0.717) is 5.76 Å². The van der Waals surface area contributed by atoms with Crippen LogP contribution in [-0.2, 0) is 9.78 Å². The van der Waals surface area contributed by atoms with Crippen molar-refractivity contribution in [1.82, 2.24) is 0 Å². The fourth-order valence-corrected chi connectivity index (χ4v) is 0.167. The number of hydrogen-bond acceptors (Lipinski definition) is 2. The molecule has 0 aromatic heterocycles. The molecule has 41 valence electrons. The Morgan fingerprint density at radius 3 is 2.29 bits per heavy atom. The number of rotatable bonds is 2. The zero-order valence-electron chi connectivity index (χ0n) is 4.82. The van der Waals surface area contributed by atoms with Crippen LogP contribution in [0.2, 0.25) is 0 Å². The van der Waals surface area contributed by atoms with Crippen LogP contribution in [0.3, 0.4) is 0 Å². The fourth-order valence-electron chi connectivity index (χ4n) is 0.167. The summed E-state index contributed by atoms with van der Waals surface area (Å²) in [6.45, 7) is 3.53. The van der Waals surface area contributed by atoms with Crippen LogP contribution in [0, 0.1) is 6.08 Å². The van der Waals surface area contributed by atoms with E-state index in [-0.39, 0.29) is 0 Å². The summed E-state index contributed by atoms with van der Waals surface area (Å²) in [6.07, 6.45) is 2.74. The second-order valence-electron chi connectivity index (χ2n) is 1.06. The van der Waals surface area contributed by atoms with E-state index < -0.39 is 0 Å². The maximum atomic E-state index is 4.50. The molecule has 0 bridgehead atoms. The lowest BCUT2D eigenvalue weighted by Gasteiger charge is -1.95. The first-order valence-electron chi connectivity index (χ1n) is 2.03. The molecule has 0 aromatic carbocycles. The first-order valence-corrected chi connectivity index (χ1v) is 2.03. The Labute approximate surface area is 43.7 Å². The van der Waals surface area contributed by atoms with Crippen LogP contribution in [0.1, 0.15) is 13.8 Å². The number of allylic oxidation sites excluding steroid dienone is 2. The first-order chi connectivity index (χ1) is 3.31. The van der Waals surface area contributed by atoms with E-state index in [1.165, 1.54) is 7.11 Å². The van der Waals surface area contributed by atoms with Crippen molar-refractivity contribution in [2.45, 2.75) is 13.8 Å². The van der Waals surface area contributed by atoms with Gasteiger partial charge in [0, 0.05) is 0 Å². The Hall–Kier alpha value is -0.500. The summed E-state index contributed by atoms with van der Waals surface area (Å²) in [6, 6.07) is 0. The molecule has 0 saturated heterocycles. The van der Waals surface area contributed by atoms with Crippen molar-refractivity contribution in [2.24, 2.45) is 0 Å². The third-order valence-corrected chi connectivity index (χ3v) is 0.560. The van der Waals surface area contributed by atoms with Crippen molar-refractivity contribution in [3.05, 3.63) is 11.8 Å². The lowest BCUT2D eigenvalue weighted by molar-refractivity contribution is -0.237. The van der Waals surface area contributed by atoms with E-state index in [4.69, 9.17) is 0 Å². The molecule has 0 N–H and O–H groups in total. The van der Waals surface area contributed by atoms with Gasteiger partial charge in [-0.25, -0.2) is 0 Å². The zero-order chi connectivity index (χ0) is 5.70. The van der Waals surface area contributed by atoms with Crippen LogP contribution in [0.5, 0.6) is 0 Å². The highest BCUT2D eigenvalue weighted by atomic mass is 17.2. The van der Waals surface area contributed by atoms with Gasteiger partial charge < -0.3 is 4.89 Å².